The largest absolute Gasteiger partial charge is 0.466 e. The molecule has 1 rings (SSSR count). The third-order valence-electron chi connectivity index (χ3n) is 1.91. The zero-order valence-corrected chi connectivity index (χ0v) is 9.34. The van der Waals surface area contributed by atoms with E-state index in [0.717, 1.165) is 11.3 Å². The highest BCUT2D eigenvalue weighted by Crippen LogP contribution is 2.25. The molecule has 1 aromatic carbocycles. The number of carbonyl (C=O) groups excluding carboxylic acids is 1. The number of ether oxygens (including phenoxy) is 1. The zero-order chi connectivity index (χ0) is 11.3. The molecule has 80 valence electrons. The number of hydrogen-bond donors (Lipinski definition) is 1. The van der Waals surface area contributed by atoms with Gasteiger partial charge < -0.3 is 10.1 Å². The van der Waals surface area contributed by atoms with Crippen molar-refractivity contribution >= 4 is 29.3 Å². The van der Waals surface area contributed by atoms with E-state index in [-0.39, 0.29) is 0 Å². The highest BCUT2D eigenvalue weighted by Gasteiger charge is 2.02. The maximum atomic E-state index is 10.9. The summed E-state index contributed by atoms with van der Waals surface area (Å²) >= 11 is 5.99. The van der Waals surface area contributed by atoms with Crippen LogP contribution in [0.3, 0.4) is 0 Å². The molecule has 0 aliphatic heterocycles. The molecule has 0 radical (unpaired) electrons. The first-order valence-corrected chi connectivity index (χ1v) is 4.79. The van der Waals surface area contributed by atoms with Crippen LogP contribution in [0.25, 0.3) is 6.08 Å². The number of nitrogens with one attached hydrogen (secondary N) is 1. The predicted molar refractivity (Wildman–Crippen MR) is 62.0 cm³/mol. The normalized spacial score (nSPS) is 10.3. The Kier molecular flexibility index (Phi) is 4.18. The molecule has 0 heterocycles. The lowest BCUT2D eigenvalue weighted by molar-refractivity contribution is -0.134. The summed E-state index contributed by atoms with van der Waals surface area (Å²) in [5.74, 6) is -0.406. The van der Waals surface area contributed by atoms with Crippen LogP contribution in [0.4, 0.5) is 5.69 Å². The van der Waals surface area contributed by atoms with Crippen LogP contribution in [0.2, 0.25) is 5.02 Å². The third kappa shape index (κ3) is 2.99. The lowest BCUT2D eigenvalue weighted by Gasteiger charge is -2.06. The van der Waals surface area contributed by atoms with Gasteiger partial charge in [-0.25, -0.2) is 4.79 Å². The van der Waals surface area contributed by atoms with Gasteiger partial charge in [0.05, 0.1) is 7.11 Å². The summed E-state index contributed by atoms with van der Waals surface area (Å²) in [6.07, 6.45) is 2.96. The number of hydrogen-bond acceptors (Lipinski definition) is 3. The minimum Gasteiger partial charge on any atom is -0.466 e. The van der Waals surface area contributed by atoms with E-state index >= 15 is 0 Å². The highest BCUT2D eigenvalue weighted by atomic mass is 35.5. The van der Waals surface area contributed by atoms with Gasteiger partial charge in [-0.3, -0.25) is 0 Å². The molecular formula is C11H12ClNO2. The third-order valence-corrected chi connectivity index (χ3v) is 2.24. The number of esters is 1. The monoisotopic (exact) mass is 225 g/mol. The molecule has 0 aliphatic carbocycles. The maximum absolute atomic E-state index is 10.9. The van der Waals surface area contributed by atoms with Crippen LogP contribution in [0, 0.1) is 0 Å². The predicted octanol–water partition coefficient (Wildman–Crippen LogP) is 2.57. The molecule has 0 aliphatic rings. The van der Waals surface area contributed by atoms with Crippen LogP contribution in [0.1, 0.15) is 5.56 Å². The summed E-state index contributed by atoms with van der Waals surface area (Å²) in [5.41, 5.74) is 1.63. The summed E-state index contributed by atoms with van der Waals surface area (Å²) in [5, 5.41) is 3.58. The summed E-state index contributed by atoms with van der Waals surface area (Å²) in [7, 11) is 3.12. The molecule has 0 amide bonds. The molecule has 0 atom stereocenters. The second-order valence-corrected chi connectivity index (χ2v) is 3.21. The van der Waals surface area contributed by atoms with Gasteiger partial charge in [-0.05, 0) is 18.2 Å². The Balaban J connectivity index is 3.02. The molecule has 4 heteroatoms. The van der Waals surface area contributed by atoms with Gasteiger partial charge >= 0.3 is 5.97 Å². The van der Waals surface area contributed by atoms with Crippen LogP contribution in [0.5, 0.6) is 0 Å². The minimum absolute atomic E-state index is 0.406. The Labute approximate surface area is 93.7 Å². The van der Waals surface area contributed by atoms with E-state index in [1.54, 1.807) is 19.2 Å². The maximum Gasteiger partial charge on any atom is 0.330 e. The molecule has 0 bridgehead atoms. The van der Waals surface area contributed by atoms with Gasteiger partial charge in [-0.1, -0.05) is 17.7 Å². The van der Waals surface area contributed by atoms with Crippen molar-refractivity contribution in [2.24, 2.45) is 0 Å². The van der Waals surface area contributed by atoms with Crippen molar-refractivity contribution in [1.29, 1.82) is 0 Å². The number of benzene rings is 1. The Morgan fingerprint density at radius 1 is 1.53 bits per heavy atom. The Hall–Kier alpha value is -1.48. The molecule has 0 aromatic heterocycles. The van der Waals surface area contributed by atoms with E-state index < -0.39 is 5.97 Å². The van der Waals surface area contributed by atoms with Crippen molar-refractivity contribution < 1.29 is 9.53 Å². The van der Waals surface area contributed by atoms with Crippen LogP contribution < -0.4 is 5.32 Å². The summed E-state index contributed by atoms with van der Waals surface area (Å²) in [6.45, 7) is 0. The van der Waals surface area contributed by atoms with Crippen molar-refractivity contribution in [3.8, 4) is 0 Å². The number of methoxy groups -OCH3 is 1. The van der Waals surface area contributed by atoms with Crippen molar-refractivity contribution in [1.82, 2.24) is 0 Å². The molecule has 0 unspecified atom stereocenters. The van der Waals surface area contributed by atoms with E-state index in [0.29, 0.717) is 5.02 Å². The number of halogens is 1. The van der Waals surface area contributed by atoms with E-state index in [1.165, 1.54) is 13.2 Å². The molecule has 0 saturated carbocycles. The van der Waals surface area contributed by atoms with Crippen LogP contribution in [-0.2, 0) is 9.53 Å². The average Bonchev–Trinajstić information content (AvgIpc) is 2.26. The van der Waals surface area contributed by atoms with Crippen molar-refractivity contribution in [3.05, 3.63) is 34.9 Å². The zero-order valence-electron chi connectivity index (χ0n) is 8.58. The highest BCUT2D eigenvalue weighted by molar-refractivity contribution is 6.32. The van der Waals surface area contributed by atoms with E-state index in [1.807, 2.05) is 12.1 Å². The van der Waals surface area contributed by atoms with Gasteiger partial charge in [0, 0.05) is 29.4 Å². The Bertz CT molecular complexity index is 388. The van der Waals surface area contributed by atoms with Gasteiger partial charge in [-0.2, -0.15) is 0 Å². The summed E-state index contributed by atoms with van der Waals surface area (Å²) < 4.78 is 4.50. The molecule has 0 saturated heterocycles. The second-order valence-electron chi connectivity index (χ2n) is 2.81. The van der Waals surface area contributed by atoms with Gasteiger partial charge in [0.25, 0.3) is 0 Å². The minimum atomic E-state index is -0.406. The van der Waals surface area contributed by atoms with Gasteiger partial charge in [0.15, 0.2) is 0 Å². The first kappa shape index (κ1) is 11.6. The molecule has 0 fully saturated rings. The Morgan fingerprint density at radius 3 is 2.87 bits per heavy atom. The van der Waals surface area contributed by atoms with Crippen molar-refractivity contribution in [2.75, 3.05) is 19.5 Å². The molecule has 3 nitrogen and oxygen atoms in total. The average molecular weight is 226 g/mol. The first-order chi connectivity index (χ1) is 7.19. The van der Waals surface area contributed by atoms with Crippen molar-refractivity contribution in [2.45, 2.75) is 0 Å². The van der Waals surface area contributed by atoms with Crippen molar-refractivity contribution in [3.63, 3.8) is 0 Å². The topological polar surface area (TPSA) is 38.3 Å². The van der Waals surface area contributed by atoms with E-state index in [2.05, 4.69) is 10.1 Å². The summed E-state index contributed by atoms with van der Waals surface area (Å²) in [6, 6.07) is 5.48. The summed E-state index contributed by atoms with van der Waals surface area (Å²) in [4.78, 5) is 10.9. The second kappa shape index (κ2) is 5.41. The quantitative estimate of drug-likeness (QED) is 0.635. The molecule has 1 N–H and O–H groups in total. The van der Waals surface area contributed by atoms with E-state index in [4.69, 9.17) is 11.6 Å². The SMILES string of the molecule is CNc1cccc(Cl)c1/C=C/C(=O)OC. The van der Waals surface area contributed by atoms with Crippen LogP contribution in [0.15, 0.2) is 24.3 Å². The number of anilines is 1. The number of rotatable bonds is 3. The molecule has 1 aromatic rings. The van der Waals surface area contributed by atoms with Crippen LogP contribution in [-0.4, -0.2) is 20.1 Å². The van der Waals surface area contributed by atoms with Gasteiger partial charge in [-0.15, -0.1) is 0 Å². The Morgan fingerprint density at radius 2 is 2.27 bits per heavy atom. The van der Waals surface area contributed by atoms with Gasteiger partial charge in [0.1, 0.15) is 0 Å². The smallest absolute Gasteiger partial charge is 0.330 e. The fraction of sp³-hybridized carbons (Fsp3) is 0.182. The fourth-order valence-electron chi connectivity index (χ4n) is 1.14. The molecule has 0 spiro atoms. The molecule has 15 heavy (non-hydrogen) atoms. The van der Waals surface area contributed by atoms with Crippen LogP contribution >= 0.6 is 11.6 Å². The molecular weight excluding hydrogens is 214 g/mol. The van der Waals surface area contributed by atoms with Gasteiger partial charge in [0.2, 0.25) is 0 Å². The lowest BCUT2D eigenvalue weighted by Crippen LogP contribution is -1.95. The fourth-order valence-corrected chi connectivity index (χ4v) is 1.38. The lowest BCUT2D eigenvalue weighted by atomic mass is 10.1. The number of carbonyl (C=O) groups is 1. The first-order valence-electron chi connectivity index (χ1n) is 4.41. The standard InChI is InChI=1S/C11H12ClNO2/c1-13-10-5-3-4-9(12)8(10)6-7-11(14)15-2/h3-7,13H,1-2H3/b7-6+. The van der Waals surface area contributed by atoms with E-state index in [9.17, 15) is 4.79 Å².